The Morgan fingerprint density at radius 3 is 2.35 bits per heavy atom. The van der Waals surface area contributed by atoms with Gasteiger partial charge in [-0.1, -0.05) is 59.7 Å². The molecule has 2 aromatic carbocycles. The lowest BCUT2D eigenvalue weighted by Crippen LogP contribution is -2.40. The van der Waals surface area contributed by atoms with Crippen LogP contribution in [0, 0.1) is 0 Å². The Hall–Kier alpha value is -3.34. The predicted molar refractivity (Wildman–Crippen MR) is 190 cm³/mol. The lowest BCUT2D eigenvalue weighted by molar-refractivity contribution is -0.145. The average molecular weight is 683 g/mol. The summed E-state index contributed by atoms with van der Waals surface area (Å²) in [6.07, 6.45) is 1.39. The van der Waals surface area contributed by atoms with Crippen LogP contribution in [0.15, 0.2) is 47.4 Å². The second-order valence-electron chi connectivity index (χ2n) is 14.3. The van der Waals surface area contributed by atoms with Gasteiger partial charge >= 0.3 is 5.97 Å². The number of fused-ring (bicyclic) bond motifs is 1. The number of hydrogen-bond acceptors (Lipinski definition) is 8. The minimum absolute atomic E-state index is 0.0161. The monoisotopic (exact) mass is 682 g/mol. The molecule has 0 spiro atoms. The third kappa shape index (κ3) is 9.42. The van der Waals surface area contributed by atoms with E-state index in [1.54, 1.807) is 32.0 Å². The first kappa shape index (κ1) is 37.5. The van der Waals surface area contributed by atoms with Crippen molar-refractivity contribution in [1.82, 2.24) is 15.0 Å². The van der Waals surface area contributed by atoms with E-state index in [4.69, 9.17) is 14.0 Å². The summed E-state index contributed by atoms with van der Waals surface area (Å²) in [6, 6.07) is 10.0. The summed E-state index contributed by atoms with van der Waals surface area (Å²) >= 11 is 0. The molecule has 0 bridgehead atoms. The van der Waals surface area contributed by atoms with E-state index in [9.17, 15) is 18.9 Å². The van der Waals surface area contributed by atoms with Gasteiger partial charge in [-0.2, -0.15) is 0 Å². The highest BCUT2D eigenvalue weighted by Gasteiger charge is 2.33. The largest absolute Gasteiger partial charge is 0.463 e. The fourth-order valence-corrected chi connectivity index (χ4v) is 7.94. The molecule has 3 aromatic rings. The van der Waals surface area contributed by atoms with Crippen LogP contribution in [0.25, 0.3) is 10.9 Å². The Kier molecular flexibility index (Phi) is 12.1. The number of nitrogens with one attached hydrogen (secondary N) is 3. The second-order valence-corrected chi connectivity index (χ2v) is 16.5. The van der Waals surface area contributed by atoms with E-state index >= 15 is 0 Å². The van der Waals surface area contributed by atoms with Gasteiger partial charge in [-0.15, -0.1) is 0 Å². The van der Waals surface area contributed by atoms with E-state index in [-0.39, 0.29) is 35.8 Å². The zero-order valence-corrected chi connectivity index (χ0v) is 30.4. The number of esters is 1. The molecule has 11 nitrogen and oxygen atoms in total. The van der Waals surface area contributed by atoms with E-state index in [0.717, 1.165) is 24.2 Å². The van der Waals surface area contributed by atoms with Crippen molar-refractivity contribution >= 4 is 36.0 Å². The molecule has 2 heterocycles. The van der Waals surface area contributed by atoms with Crippen molar-refractivity contribution in [2.45, 2.75) is 78.4 Å². The van der Waals surface area contributed by atoms with Gasteiger partial charge in [0.15, 0.2) is 0 Å². The molecule has 0 aliphatic carbocycles. The first-order chi connectivity index (χ1) is 22.5. The standard InChI is InChI=1S/C36H51N4O7P/c1-9-47-48(44,39-24(2)34(43)46-19-16-40-14-17-45-18-15-40)23-25-20-31(29(36(6,7)8)21-28(25)35(3,4)5)38-33(42)27-22-37-30-13-11-10-12-26(30)32(27)41/h10-13,20-22,24H,9,14-19,23H2,1-8H3,(H,37,41)(H,38,42)(H,39,44)/t24-,48?/m0/s1. The van der Waals surface area contributed by atoms with E-state index < -0.39 is 30.9 Å². The molecule has 1 aliphatic rings. The van der Waals surface area contributed by atoms with Crippen LogP contribution in [0.2, 0.25) is 0 Å². The summed E-state index contributed by atoms with van der Waals surface area (Å²) in [5.74, 6) is -1.07. The van der Waals surface area contributed by atoms with Gasteiger partial charge in [-0.05, 0) is 59.6 Å². The molecule has 48 heavy (non-hydrogen) atoms. The number of rotatable bonds is 12. The Balaban J connectivity index is 1.64. The molecule has 1 aromatic heterocycles. The van der Waals surface area contributed by atoms with Crippen molar-refractivity contribution in [1.29, 1.82) is 0 Å². The number of pyridine rings is 1. The SMILES string of the molecule is CCOP(=O)(Cc1cc(NC(=O)c2c[nH]c3ccccc3c2=O)c(C(C)(C)C)cc1C(C)(C)C)N[C@@H](C)C(=O)OCCN1CCOCC1. The van der Waals surface area contributed by atoms with Crippen LogP contribution in [0.4, 0.5) is 5.69 Å². The Morgan fingerprint density at radius 2 is 1.71 bits per heavy atom. The van der Waals surface area contributed by atoms with E-state index in [0.29, 0.717) is 41.9 Å². The Morgan fingerprint density at radius 1 is 1.04 bits per heavy atom. The number of hydrogen-bond donors (Lipinski definition) is 3. The van der Waals surface area contributed by atoms with Crippen molar-refractivity contribution in [3.8, 4) is 0 Å². The highest BCUT2D eigenvalue weighted by Crippen LogP contribution is 2.49. The van der Waals surface area contributed by atoms with Crippen LogP contribution >= 0.6 is 7.52 Å². The summed E-state index contributed by atoms with van der Waals surface area (Å²) in [7, 11) is -3.65. The number of carbonyl (C=O) groups excluding carboxylic acids is 2. The van der Waals surface area contributed by atoms with Crippen molar-refractivity contribution < 1.29 is 28.2 Å². The van der Waals surface area contributed by atoms with Crippen LogP contribution in [-0.2, 0) is 40.3 Å². The smallest absolute Gasteiger partial charge is 0.323 e. The molecular formula is C36H51N4O7P. The van der Waals surface area contributed by atoms with Gasteiger partial charge in [0.1, 0.15) is 18.2 Å². The lowest BCUT2D eigenvalue weighted by Gasteiger charge is -2.31. The number of ether oxygens (including phenoxy) is 2. The minimum Gasteiger partial charge on any atom is -0.463 e. The maximum Gasteiger partial charge on any atom is 0.323 e. The maximum atomic E-state index is 14.4. The van der Waals surface area contributed by atoms with Crippen LogP contribution in [-0.4, -0.2) is 73.9 Å². The van der Waals surface area contributed by atoms with Gasteiger partial charge in [0, 0.05) is 42.4 Å². The zero-order chi connectivity index (χ0) is 35.3. The van der Waals surface area contributed by atoms with E-state index in [2.05, 4.69) is 41.1 Å². The first-order valence-corrected chi connectivity index (χ1v) is 18.4. The van der Waals surface area contributed by atoms with E-state index in [1.807, 2.05) is 39.0 Å². The van der Waals surface area contributed by atoms with Gasteiger partial charge in [0.2, 0.25) is 5.43 Å². The third-order valence-electron chi connectivity index (χ3n) is 8.36. The summed E-state index contributed by atoms with van der Waals surface area (Å²) in [5, 5.41) is 6.37. The Labute approximate surface area is 283 Å². The average Bonchev–Trinajstić information content (AvgIpc) is 3.00. The number of carbonyl (C=O) groups is 2. The molecule has 262 valence electrons. The van der Waals surface area contributed by atoms with Crippen molar-refractivity contribution in [2.75, 3.05) is 51.4 Å². The molecule has 1 aliphatic heterocycles. The quantitative estimate of drug-likeness (QED) is 0.156. The van der Waals surface area contributed by atoms with Gasteiger partial charge in [0.05, 0.1) is 26.0 Å². The number of morpholine rings is 1. The normalized spacial score (nSPS) is 16.3. The highest BCUT2D eigenvalue weighted by atomic mass is 31.2. The number of amides is 1. The molecule has 0 saturated carbocycles. The molecule has 0 radical (unpaired) electrons. The van der Waals surface area contributed by atoms with E-state index in [1.165, 1.54) is 6.20 Å². The molecular weight excluding hydrogens is 631 g/mol. The summed E-state index contributed by atoms with van der Waals surface area (Å²) in [5.41, 5.74) is 2.47. The van der Waals surface area contributed by atoms with Crippen LogP contribution < -0.4 is 15.8 Å². The minimum atomic E-state index is -3.65. The number of H-pyrrole nitrogens is 1. The first-order valence-electron chi connectivity index (χ1n) is 16.6. The number of anilines is 1. The molecule has 12 heteroatoms. The number of para-hydroxylation sites is 1. The zero-order valence-electron chi connectivity index (χ0n) is 29.5. The van der Waals surface area contributed by atoms with Gasteiger partial charge in [-0.3, -0.25) is 23.8 Å². The van der Waals surface area contributed by atoms with Crippen molar-refractivity contribution in [2.24, 2.45) is 0 Å². The molecule has 3 N–H and O–H groups in total. The topological polar surface area (TPSA) is 139 Å². The van der Waals surface area contributed by atoms with Crippen LogP contribution in [0.5, 0.6) is 0 Å². The fourth-order valence-electron chi connectivity index (χ4n) is 5.86. The highest BCUT2D eigenvalue weighted by molar-refractivity contribution is 7.56. The molecule has 1 saturated heterocycles. The summed E-state index contributed by atoms with van der Waals surface area (Å²) in [4.78, 5) is 45.1. The number of aromatic amines is 1. The molecule has 4 rings (SSSR count). The summed E-state index contributed by atoms with van der Waals surface area (Å²) < 4.78 is 31.1. The molecule has 1 unspecified atom stereocenters. The predicted octanol–water partition coefficient (Wildman–Crippen LogP) is 5.96. The van der Waals surface area contributed by atoms with Gasteiger partial charge < -0.3 is 24.3 Å². The number of nitrogens with zero attached hydrogens (tertiary/aromatic N) is 1. The second kappa shape index (κ2) is 15.5. The number of benzene rings is 2. The molecule has 2 atom stereocenters. The maximum absolute atomic E-state index is 14.4. The third-order valence-corrected chi connectivity index (χ3v) is 10.6. The van der Waals surface area contributed by atoms with Gasteiger partial charge in [0.25, 0.3) is 13.4 Å². The molecule has 1 amide bonds. The van der Waals surface area contributed by atoms with Gasteiger partial charge in [-0.25, -0.2) is 5.09 Å². The van der Waals surface area contributed by atoms with Crippen molar-refractivity contribution in [3.63, 3.8) is 0 Å². The van der Waals surface area contributed by atoms with Crippen LogP contribution in [0.1, 0.15) is 82.4 Å². The fraction of sp³-hybridized carbons (Fsp3) is 0.528. The Bertz CT molecular complexity index is 1720. The van der Waals surface area contributed by atoms with Crippen molar-refractivity contribution in [3.05, 3.63) is 75.1 Å². The number of aromatic nitrogens is 1. The summed E-state index contributed by atoms with van der Waals surface area (Å²) in [6.45, 7) is 19.6. The van der Waals surface area contributed by atoms with Crippen LogP contribution in [0.3, 0.4) is 0 Å². The lowest BCUT2D eigenvalue weighted by atomic mass is 9.78. The molecule has 1 fully saturated rings.